The number of hydrogen-bond donors (Lipinski definition) is 0. The van der Waals surface area contributed by atoms with Gasteiger partial charge >= 0.3 is 5.92 Å². The van der Waals surface area contributed by atoms with E-state index in [1.54, 1.807) is 6.07 Å². The van der Waals surface area contributed by atoms with Crippen LogP contribution in [0.1, 0.15) is 21.5 Å². The van der Waals surface area contributed by atoms with Crippen molar-refractivity contribution >= 4 is 5.78 Å². The molecule has 0 N–H and O–H groups in total. The largest absolute Gasteiger partial charge is 0.313 e. The molecule has 4 heteroatoms. The number of carbonyl (C=O) groups is 1. The maximum atomic E-state index is 13.0. The Kier molecular flexibility index (Phi) is 1.65. The van der Waals surface area contributed by atoms with Gasteiger partial charge in [-0.15, -0.1) is 0 Å². The van der Waals surface area contributed by atoms with Gasteiger partial charge in [0.1, 0.15) is 0 Å². The van der Waals surface area contributed by atoms with E-state index in [4.69, 9.17) is 5.26 Å². The second kappa shape index (κ2) is 2.61. The first-order valence-corrected chi connectivity index (χ1v) is 4.01. The van der Waals surface area contributed by atoms with Crippen LogP contribution in [-0.2, 0) is 6.42 Å². The number of Topliss-reactive ketones (excluding diaryl/α,β-unsaturated/α-hetero) is 1. The first kappa shape index (κ1) is 8.82. The molecule has 1 aromatic carbocycles. The maximum absolute atomic E-state index is 13.0. The van der Waals surface area contributed by atoms with E-state index in [0.717, 1.165) is 0 Å². The van der Waals surface area contributed by atoms with Crippen LogP contribution in [0.4, 0.5) is 8.78 Å². The van der Waals surface area contributed by atoms with Gasteiger partial charge in [0.05, 0.1) is 11.6 Å². The quantitative estimate of drug-likeness (QED) is 0.631. The van der Waals surface area contributed by atoms with Crippen molar-refractivity contribution in [1.29, 1.82) is 5.26 Å². The summed E-state index contributed by atoms with van der Waals surface area (Å²) >= 11 is 0. The van der Waals surface area contributed by atoms with Gasteiger partial charge in [0.15, 0.2) is 0 Å². The lowest BCUT2D eigenvalue weighted by molar-refractivity contribution is 0.0167. The average Bonchev–Trinajstić information content (AvgIpc) is 2.37. The highest BCUT2D eigenvalue weighted by molar-refractivity contribution is 6.07. The number of halogens is 2. The van der Waals surface area contributed by atoms with Crippen molar-refractivity contribution in [2.75, 3.05) is 0 Å². The summed E-state index contributed by atoms with van der Waals surface area (Å²) in [4.78, 5) is 11.2. The van der Waals surface area contributed by atoms with E-state index < -0.39 is 18.1 Å². The Labute approximate surface area is 78.8 Å². The van der Waals surface area contributed by atoms with Crippen LogP contribution < -0.4 is 0 Å². The summed E-state index contributed by atoms with van der Waals surface area (Å²) in [5.74, 6) is -4.57. The molecule has 0 fully saturated rings. The first-order chi connectivity index (χ1) is 6.56. The van der Waals surface area contributed by atoms with Gasteiger partial charge < -0.3 is 0 Å². The molecule has 1 aromatic rings. The molecule has 1 aliphatic carbocycles. The monoisotopic (exact) mass is 193 g/mol. The molecular formula is C10H5F2NO. The van der Waals surface area contributed by atoms with E-state index in [0.29, 0.717) is 0 Å². The summed E-state index contributed by atoms with van der Waals surface area (Å²) < 4.78 is 26.0. The minimum atomic E-state index is -3.34. The molecular weight excluding hydrogens is 188 g/mol. The van der Waals surface area contributed by atoms with Crippen LogP contribution >= 0.6 is 0 Å². The zero-order chi connectivity index (χ0) is 10.3. The molecule has 2 rings (SSSR count). The fraction of sp³-hybridized carbons (Fsp3) is 0.200. The highest BCUT2D eigenvalue weighted by Gasteiger charge is 2.47. The van der Waals surface area contributed by atoms with E-state index in [-0.39, 0.29) is 16.7 Å². The van der Waals surface area contributed by atoms with Crippen LogP contribution in [0.25, 0.3) is 0 Å². The van der Waals surface area contributed by atoms with Crippen molar-refractivity contribution < 1.29 is 13.6 Å². The molecule has 0 saturated heterocycles. The predicted octanol–water partition coefficient (Wildman–Crippen LogP) is 1.93. The highest BCUT2D eigenvalue weighted by Crippen LogP contribution is 2.35. The van der Waals surface area contributed by atoms with E-state index >= 15 is 0 Å². The van der Waals surface area contributed by atoms with E-state index in [1.807, 2.05) is 0 Å². The highest BCUT2D eigenvalue weighted by atomic mass is 19.3. The lowest BCUT2D eigenvalue weighted by Gasteiger charge is -2.03. The summed E-state index contributed by atoms with van der Waals surface area (Å²) in [6, 6.07) is 6.07. The molecule has 0 radical (unpaired) electrons. The Bertz CT molecular complexity index is 460. The van der Waals surface area contributed by atoms with Crippen LogP contribution in [0.5, 0.6) is 0 Å². The van der Waals surface area contributed by atoms with Gasteiger partial charge in [-0.25, -0.2) is 0 Å². The Morgan fingerprint density at radius 2 is 2.14 bits per heavy atom. The topological polar surface area (TPSA) is 40.9 Å². The summed E-state index contributed by atoms with van der Waals surface area (Å²) in [7, 11) is 0. The van der Waals surface area contributed by atoms with Gasteiger partial charge in [0.25, 0.3) is 0 Å². The molecule has 0 amide bonds. The predicted molar refractivity (Wildman–Crippen MR) is 44.1 cm³/mol. The standard InChI is InChI=1S/C10H5F2NO/c11-10(12)4-6-2-1-3-7(5-13)8(6)9(10)14/h1-3H,4H2. The molecule has 0 spiro atoms. The Morgan fingerprint density at radius 1 is 1.43 bits per heavy atom. The summed E-state index contributed by atoms with van der Waals surface area (Å²) in [6.45, 7) is 0. The lowest BCUT2D eigenvalue weighted by Crippen LogP contribution is -2.24. The molecule has 2 nitrogen and oxygen atoms in total. The molecule has 0 atom stereocenters. The number of rotatable bonds is 0. The van der Waals surface area contributed by atoms with Crippen LogP contribution in [0.3, 0.4) is 0 Å². The van der Waals surface area contributed by atoms with Crippen molar-refractivity contribution in [2.24, 2.45) is 0 Å². The lowest BCUT2D eigenvalue weighted by atomic mass is 10.0. The molecule has 0 bridgehead atoms. The number of hydrogen-bond acceptors (Lipinski definition) is 2. The van der Waals surface area contributed by atoms with Crippen LogP contribution in [-0.4, -0.2) is 11.7 Å². The molecule has 0 unspecified atom stereocenters. The summed E-state index contributed by atoms with van der Waals surface area (Å²) in [5, 5.41) is 8.64. The zero-order valence-electron chi connectivity index (χ0n) is 7.05. The summed E-state index contributed by atoms with van der Waals surface area (Å²) in [6.07, 6.45) is -0.587. The van der Waals surface area contributed by atoms with Crippen LogP contribution in [0.15, 0.2) is 18.2 Å². The molecule has 0 heterocycles. The van der Waals surface area contributed by atoms with Crippen molar-refractivity contribution in [3.05, 3.63) is 34.9 Å². The van der Waals surface area contributed by atoms with Gasteiger partial charge in [-0.2, -0.15) is 14.0 Å². The smallest absolute Gasteiger partial charge is 0.287 e. The molecule has 70 valence electrons. The fourth-order valence-electron chi connectivity index (χ4n) is 1.61. The number of benzene rings is 1. The fourth-order valence-corrected chi connectivity index (χ4v) is 1.61. The molecule has 14 heavy (non-hydrogen) atoms. The Hall–Kier alpha value is -1.76. The third kappa shape index (κ3) is 1.02. The van der Waals surface area contributed by atoms with Gasteiger partial charge in [0.2, 0.25) is 5.78 Å². The molecule has 0 saturated carbocycles. The molecule has 1 aliphatic rings. The Balaban J connectivity index is 2.68. The van der Waals surface area contributed by atoms with Crippen LogP contribution in [0, 0.1) is 11.3 Å². The minimum absolute atomic E-state index is 0.0321. The molecule has 0 aliphatic heterocycles. The van der Waals surface area contributed by atoms with E-state index in [2.05, 4.69) is 0 Å². The number of carbonyl (C=O) groups excluding carboxylic acids is 1. The zero-order valence-corrected chi connectivity index (χ0v) is 7.05. The minimum Gasteiger partial charge on any atom is -0.287 e. The number of fused-ring (bicyclic) bond motifs is 1. The van der Waals surface area contributed by atoms with Crippen molar-refractivity contribution in [2.45, 2.75) is 12.3 Å². The normalized spacial score (nSPS) is 17.6. The van der Waals surface area contributed by atoms with Gasteiger partial charge in [-0.05, 0) is 11.6 Å². The summed E-state index contributed by atoms with van der Waals surface area (Å²) in [5.41, 5.74) is 0.184. The van der Waals surface area contributed by atoms with Gasteiger partial charge in [-0.1, -0.05) is 12.1 Å². The molecule has 0 aromatic heterocycles. The SMILES string of the molecule is N#Cc1cccc2c1C(=O)C(F)(F)C2. The van der Waals surface area contributed by atoms with Gasteiger partial charge in [0, 0.05) is 12.0 Å². The second-order valence-electron chi connectivity index (χ2n) is 3.16. The second-order valence-corrected chi connectivity index (χ2v) is 3.16. The van der Waals surface area contributed by atoms with E-state index in [1.165, 1.54) is 18.2 Å². The first-order valence-electron chi connectivity index (χ1n) is 4.01. The average molecular weight is 193 g/mol. The number of alkyl halides is 2. The Morgan fingerprint density at radius 3 is 2.79 bits per heavy atom. The number of ketones is 1. The third-order valence-electron chi connectivity index (χ3n) is 2.24. The number of nitrogens with zero attached hydrogens (tertiary/aromatic N) is 1. The third-order valence-corrected chi connectivity index (χ3v) is 2.24. The van der Waals surface area contributed by atoms with Crippen molar-refractivity contribution in [3.8, 4) is 6.07 Å². The number of nitriles is 1. The van der Waals surface area contributed by atoms with Crippen molar-refractivity contribution in [1.82, 2.24) is 0 Å². The van der Waals surface area contributed by atoms with Gasteiger partial charge in [-0.3, -0.25) is 4.79 Å². The maximum Gasteiger partial charge on any atom is 0.313 e. The van der Waals surface area contributed by atoms with E-state index in [9.17, 15) is 13.6 Å². The van der Waals surface area contributed by atoms with Crippen LogP contribution in [0.2, 0.25) is 0 Å². The van der Waals surface area contributed by atoms with Crippen molar-refractivity contribution in [3.63, 3.8) is 0 Å².